The number of aromatic hydroxyl groups is 1. The molecule has 6 heteroatoms. The maximum absolute atomic E-state index is 11.4. The summed E-state index contributed by atoms with van der Waals surface area (Å²) in [5.41, 5.74) is 0.889. The summed E-state index contributed by atoms with van der Waals surface area (Å²) in [6.07, 6.45) is 1.81. The molecule has 0 spiro atoms. The van der Waals surface area contributed by atoms with Crippen LogP contribution in [0.4, 0.5) is 10.5 Å². The molecule has 2 rings (SSSR count). The lowest BCUT2D eigenvalue weighted by molar-refractivity contribution is 0.114. The third kappa shape index (κ3) is 4.09. The topological polar surface area (TPSA) is 90.8 Å². The quantitative estimate of drug-likeness (QED) is 0.639. The average Bonchev–Trinajstić information content (AvgIpc) is 2.50. The molecule has 1 aromatic carbocycles. The molecule has 2 unspecified atom stereocenters. The van der Waals surface area contributed by atoms with Gasteiger partial charge in [-0.2, -0.15) is 0 Å². The van der Waals surface area contributed by atoms with E-state index in [2.05, 4.69) is 10.6 Å². The molecule has 1 amide bonds. The Balaban J connectivity index is 2.11. The van der Waals surface area contributed by atoms with Gasteiger partial charge in [-0.1, -0.05) is 12.5 Å². The molecule has 0 radical (unpaired) electrons. The molecule has 1 aliphatic rings. The Bertz CT molecular complexity index is 487. The molecule has 1 saturated heterocycles. The van der Waals surface area contributed by atoms with Crippen LogP contribution in [0.25, 0.3) is 0 Å². The van der Waals surface area contributed by atoms with E-state index in [1.165, 1.54) is 6.07 Å². The second-order valence-corrected chi connectivity index (χ2v) is 5.12. The molecule has 116 valence electrons. The van der Waals surface area contributed by atoms with Crippen molar-refractivity contribution in [1.82, 2.24) is 5.32 Å². The molecule has 0 saturated carbocycles. The van der Waals surface area contributed by atoms with Gasteiger partial charge in [0.1, 0.15) is 5.75 Å². The van der Waals surface area contributed by atoms with E-state index in [0.717, 1.165) is 25.8 Å². The third-order valence-electron chi connectivity index (χ3n) is 3.60. The van der Waals surface area contributed by atoms with Gasteiger partial charge in [0.2, 0.25) is 0 Å². The summed E-state index contributed by atoms with van der Waals surface area (Å²) < 4.78 is 4.78. The summed E-state index contributed by atoms with van der Waals surface area (Å²) in [5, 5.41) is 25.9. The van der Waals surface area contributed by atoms with Crippen LogP contribution in [0.2, 0.25) is 0 Å². The maximum atomic E-state index is 11.4. The zero-order valence-corrected chi connectivity index (χ0v) is 12.1. The molecule has 0 aliphatic carbocycles. The number of amides is 1. The predicted molar refractivity (Wildman–Crippen MR) is 79.4 cm³/mol. The van der Waals surface area contributed by atoms with Crippen molar-refractivity contribution in [2.75, 3.05) is 18.5 Å². The van der Waals surface area contributed by atoms with Gasteiger partial charge in [-0.15, -0.1) is 0 Å². The predicted octanol–water partition coefficient (Wildman–Crippen LogP) is 2.14. The number of benzene rings is 1. The van der Waals surface area contributed by atoms with Gasteiger partial charge in [0.25, 0.3) is 0 Å². The first-order valence-corrected chi connectivity index (χ1v) is 7.30. The highest BCUT2D eigenvalue weighted by molar-refractivity contribution is 5.86. The van der Waals surface area contributed by atoms with Crippen LogP contribution < -0.4 is 10.6 Å². The normalized spacial score (nSPS) is 19.8. The van der Waals surface area contributed by atoms with Gasteiger partial charge in [-0.3, -0.25) is 5.32 Å². The average molecular weight is 294 g/mol. The minimum atomic E-state index is -0.673. The molecule has 1 aliphatic heterocycles. The van der Waals surface area contributed by atoms with Crippen LogP contribution in [0.15, 0.2) is 18.2 Å². The first-order valence-electron chi connectivity index (χ1n) is 7.30. The highest BCUT2D eigenvalue weighted by Gasteiger charge is 2.23. The number of rotatable bonds is 4. The third-order valence-corrected chi connectivity index (χ3v) is 3.60. The number of hydrogen-bond donors (Lipinski definition) is 4. The van der Waals surface area contributed by atoms with Crippen LogP contribution in [0.5, 0.6) is 5.75 Å². The number of carbonyl (C=O) groups excluding carboxylic acids is 1. The Morgan fingerprint density at radius 3 is 3.00 bits per heavy atom. The summed E-state index contributed by atoms with van der Waals surface area (Å²) in [4.78, 5) is 11.4. The van der Waals surface area contributed by atoms with Gasteiger partial charge in [0, 0.05) is 6.04 Å². The zero-order chi connectivity index (χ0) is 15.2. The van der Waals surface area contributed by atoms with Gasteiger partial charge < -0.3 is 20.3 Å². The molecule has 6 nitrogen and oxygen atoms in total. The highest BCUT2D eigenvalue weighted by atomic mass is 16.5. The molecule has 1 aromatic rings. The monoisotopic (exact) mass is 294 g/mol. The van der Waals surface area contributed by atoms with Crippen molar-refractivity contribution in [3.8, 4) is 5.75 Å². The number of phenolic OH excluding ortho intramolecular Hbond substituents is 1. The first-order chi connectivity index (χ1) is 10.1. The van der Waals surface area contributed by atoms with Gasteiger partial charge >= 0.3 is 6.09 Å². The fraction of sp³-hybridized carbons (Fsp3) is 0.533. The van der Waals surface area contributed by atoms with Crippen LogP contribution in [0.3, 0.4) is 0 Å². The number of ether oxygens (including phenoxy) is 1. The van der Waals surface area contributed by atoms with Crippen molar-refractivity contribution < 1.29 is 19.7 Å². The molecule has 2 atom stereocenters. The van der Waals surface area contributed by atoms with E-state index in [1.807, 2.05) is 0 Å². The van der Waals surface area contributed by atoms with E-state index in [0.29, 0.717) is 5.56 Å². The summed E-state index contributed by atoms with van der Waals surface area (Å²) in [5.74, 6) is -0.0596. The number of piperidine rings is 1. The summed E-state index contributed by atoms with van der Waals surface area (Å²) in [7, 11) is 0. The van der Waals surface area contributed by atoms with Crippen LogP contribution >= 0.6 is 0 Å². The molecule has 21 heavy (non-hydrogen) atoms. The summed E-state index contributed by atoms with van der Waals surface area (Å²) in [6, 6.07) is 4.70. The Morgan fingerprint density at radius 1 is 1.52 bits per heavy atom. The zero-order valence-electron chi connectivity index (χ0n) is 12.1. The smallest absolute Gasteiger partial charge is 0.411 e. The van der Waals surface area contributed by atoms with Crippen LogP contribution in [0.1, 0.15) is 37.9 Å². The number of carbonyl (C=O) groups is 1. The van der Waals surface area contributed by atoms with Crippen LogP contribution in [-0.2, 0) is 4.74 Å². The van der Waals surface area contributed by atoms with E-state index in [1.54, 1.807) is 19.1 Å². The molecule has 1 heterocycles. The fourth-order valence-electron chi connectivity index (χ4n) is 2.50. The number of aliphatic hydroxyl groups excluding tert-OH is 1. The number of anilines is 1. The Hall–Kier alpha value is -1.79. The lowest BCUT2D eigenvalue weighted by Gasteiger charge is -2.28. The van der Waals surface area contributed by atoms with E-state index >= 15 is 0 Å². The van der Waals surface area contributed by atoms with Crippen molar-refractivity contribution in [3.05, 3.63) is 23.8 Å². The lowest BCUT2D eigenvalue weighted by atomic mass is 9.94. The SMILES string of the molecule is CCOC(=O)Nc1cc(C(O)C2CCCCN2)ccc1O. The fourth-order valence-corrected chi connectivity index (χ4v) is 2.50. The van der Waals surface area contributed by atoms with Gasteiger partial charge in [-0.25, -0.2) is 4.79 Å². The molecule has 1 fully saturated rings. The molecule has 0 aromatic heterocycles. The highest BCUT2D eigenvalue weighted by Crippen LogP contribution is 2.30. The largest absolute Gasteiger partial charge is 0.506 e. The molecular weight excluding hydrogens is 272 g/mol. The number of nitrogens with one attached hydrogen (secondary N) is 2. The van der Waals surface area contributed by atoms with Gasteiger partial charge in [-0.05, 0) is 44.0 Å². The van der Waals surface area contributed by atoms with Gasteiger partial charge in [0.15, 0.2) is 0 Å². The van der Waals surface area contributed by atoms with Crippen LogP contribution in [0, 0.1) is 0 Å². The van der Waals surface area contributed by atoms with Crippen molar-refractivity contribution >= 4 is 11.8 Å². The van der Waals surface area contributed by atoms with E-state index < -0.39 is 12.2 Å². The van der Waals surface area contributed by atoms with Crippen molar-refractivity contribution in [2.24, 2.45) is 0 Å². The van der Waals surface area contributed by atoms with Crippen molar-refractivity contribution in [1.29, 1.82) is 0 Å². The molecular formula is C15H22N2O4. The Labute approximate surface area is 124 Å². The standard InChI is InChI=1S/C15H22N2O4/c1-2-21-15(20)17-12-9-10(6-7-13(12)18)14(19)11-5-3-4-8-16-11/h6-7,9,11,14,16,18-19H,2-5,8H2,1H3,(H,17,20). The summed E-state index contributed by atoms with van der Waals surface area (Å²) >= 11 is 0. The molecule has 4 N–H and O–H groups in total. The van der Waals surface area contributed by atoms with Crippen molar-refractivity contribution in [2.45, 2.75) is 38.3 Å². The van der Waals surface area contributed by atoms with Crippen molar-refractivity contribution in [3.63, 3.8) is 0 Å². The number of aliphatic hydroxyl groups is 1. The van der Waals surface area contributed by atoms with Crippen LogP contribution in [-0.4, -0.2) is 35.5 Å². The second-order valence-electron chi connectivity index (χ2n) is 5.12. The molecule has 0 bridgehead atoms. The van der Waals surface area contributed by atoms with E-state index in [-0.39, 0.29) is 24.1 Å². The Kier molecular flexibility index (Phi) is 5.41. The van der Waals surface area contributed by atoms with Gasteiger partial charge in [0.05, 0.1) is 18.4 Å². The first kappa shape index (κ1) is 15.6. The van der Waals surface area contributed by atoms with E-state index in [4.69, 9.17) is 4.74 Å². The minimum absolute atomic E-state index is 0.00117. The minimum Gasteiger partial charge on any atom is -0.506 e. The maximum Gasteiger partial charge on any atom is 0.411 e. The summed E-state index contributed by atoms with van der Waals surface area (Å²) in [6.45, 7) is 2.85. The van der Waals surface area contributed by atoms with E-state index in [9.17, 15) is 15.0 Å². The number of hydrogen-bond acceptors (Lipinski definition) is 5. The second kappa shape index (κ2) is 7.28. The number of phenols is 1. The lowest BCUT2D eigenvalue weighted by Crippen LogP contribution is -2.38. The Morgan fingerprint density at radius 2 is 2.33 bits per heavy atom.